The van der Waals surface area contributed by atoms with Crippen molar-refractivity contribution in [1.29, 1.82) is 0 Å². The molecule has 0 saturated heterocycles. The lowest BCUT2D eigenvalue weighted by molar-refractivity contribution is -0.137. The van der Waals surface area contributed by atoms with Crippen LogP contribution in [-0.2, 0) is 24.1 Å². The number of halogens is 4. The molecule has 1 aliphatic heterocycles. The zero-order chi connectivity index (χ0) is 22.5. The Morgan fingerprint density at radius 1 is 1.29 bits per heavy atom. The Morgan fingerprint density at radius 3 is 2.65 bits per heavy atom. The molecular formula is C21H20F4N4O2. The number of rotatable bonds is 4. The molecule has 0 fully saturated rings. The van der Waals surface area contributed by atoms with Crippen LogP contribution < -0.4 is 5.73 Å². The first-order valence-corrected chi connectivity index (χ1v) is 9.67. The van der Waals surface area contributed by atoms with Crippen LogP contribution in [0.25, 0.3) is 11.0 Å². The van der Waals surface area contributed by atoms with Crippen LogP contribution in [0.15, 0.2) is 24.3 Å². The highest BCUT2D eigenvalue weighted by Gasteiger charge is 2.33. The van der Waals surface area contributed by atoms with Gasteiger partial charge in [-0.05, 0) is 32.0 Å². The van der Waals surface area contributed by atoms with E-state index in [0.29, 0.717) is 36.1 Å². The number of H-pyrrole nitrogens is 1. The molecule has 1 aliphatic rings. The summed E-state index contributed by atoms with van der Waals surface area (Å²) in [5, 5.41) is 0. The normalized spacial score (nSPS) is 14.6. The van der Waals surface area contributed by atoms with Crippen LogP contribution in [0.5, 0.6) is 0 Å². The van der Waals surface area contributed by atoms with Crippen molar-refractivity contribution >= 4 is 22.8 Å². The number of nitrogens with one attached hydrogen (secondary N) is 1. The Hall–Kier alpha value is -3.14. The van der Waals surface area contributed by atoms with Crippen molar-refractivity contribution < 1.29 is 27.1 Å². The standard InChI is InChI=1S/C21H20F4N4O2/c1-3-29(10(2)12-5-4-11(6-15(12)22)21(23,24)25)20(30)17-7-16-18(27-17)13-8-31-9-14(13)19(26)28-16/h4-7,10,27H,3,8-9H2,1-2H3,(H2,26,28)/t10-/m0/s1. The van der Waals surface area contributed by atoms with Gasteiger partial charge in [0.2, 0.25) is 0 Å². The van der Waals surface area contributed by atoms with Gasteiger partial charge in [-0.3, -0.25) is 4.79 Å². The minimum atomic E-state index is -4.65. The lowest BCUT2D eigenvalue weighted by atomic mass is 10.0. The Kier molecular flexibility index (Phi) is 5.12. The predicted molar refractivity (Wildman–Crippen MR) is 106 cm³/mol. The number of anilines is 1. The van der Waals surface area contributed by atoms with Gasteiger partial charge >= 0.3 is 6.18 Å². The quantitative estimate of drug-likeness (QED) is 0.588. The number of nitrogens with two attached hydrogens (primary N) is 1. The molecule has 1 aromatic carbocycles. The van der Waals surface area contributed by atoms with Gasteiger partial charge in [0.25, 0.3) is 5.91 Å². The molecule has 164 valence electrons. The number of ether oxygens (including phenoxy) is 1. The van der Waals surface area contributed by atoms with Crippen molar-refractivity contribution in [2.24, 2.45) is 0 Å². The number of benzene rings is 1. The fourth-order valence-electron chi connectivity index (χ4n) is 3.91. The third-order valence-corrected chi connectivity index (χ3v) is 5.58. The summed E-state index contributed by atoms with van der Waals surface area (Å²) >= 11 is 0. The maximum absolute atomic E-state index is 14.5. The maximum atomic E-state index is 14.5. The molecule has 0 radical (unpaired) electrons. The van der Waals surface area contributed by atoms with Crippen LogP contribution in [0.1, 0.15) is 52.6 Å². The average Bonchev–Trinajstić information content (AvgIpc) is 3.34. The second-order valence-corrected chi connectivity index (χ2v) is 7.39. The van der Waals surface area contributed by atoms with E-state index >= 15 is 0 Å². The number of hydrogen-bond acceptors (Lipinski definition) is 4. The van der Waals surface area contributed by atoms with Crippen molar-refractivity contribution in [2.75, 3.05) is 12.3 Å². The van der Waals surface area contributed by atoms with Gasteiger partial charge in [0, 0.05) is 23.2 Å². The highest BCUT2D eigenvalue weighted by Crippen LogP contribution is 2.34. The molecule has 2 aromatic heterocycles. The first-order chi connectivity index (χ1) is 14.6. The van der Waals surface area contributed by atoms with Gasteiger partial charge in [-0.25, -0.2) is 9.37 Å². The number of aromatic nitrogens is 2. The molecule has 0 bridgehead atoms. The van der Waals surface area contributed by atoms with E-state index in [-0.39, 0.29) is 17.8 Å². The van der Waals surface area contributed by atoms with Crippen LogP contribution in [0, 0.1) is 5.82 Å². The lowest BCUT2D eigenvalue weighted by Crippen LogP contribution is -2.34. The van der Waals surface area contributed by atoms with Crippen molar-refractivity contribution in [3.63, 3.8) is 0 Å². The minimum absolute atomic E-state index is 0.00373. The summed E-state index contributed by atoms with van der Waals surface area (Å²) < 4.78 is 58.4. The molecule has 4 rings (SSSR count). The predicted octanol–water partition coefficient (Wildman–Crippen LogP) is 4.56. The zero-order valence-electron chi connectivity index (χ0n) is 16.8. The van der Waals surface area contributed by atoms with Crippen molar-refractivity contribution in [3.8, 4) is 0 Å². The molecule has 1 atom stereocenters. The molecule has 0 unspecified atom stereocenters. The number of nitrogens with zero attached hydrogens (tertiary/aromatic N) is 2. The van der Waals surface area contributed by atoms with E-state index < -0.39 is 29.5 Å². The number of aromatic amines is 1. The number of nitrogen functional groups attached to an aromatic ring is 1. The van der Waals surface area contributed by atoms with Crippen LogP contribution in [0.3, 0.4) is 0 Å². The van der Waals surface area contributed by atoms with E-state index in [0.717, 1.165) is 23.3 Å². The van der Waals surface area contributed by atoms with E-state index in [9.17, 15) is 22.4 Å². The molecule has 10 heteroatoms. The number of alkyl halides is 3. The molecule has 0 saturated carbocycles. The van der Waals surface area contributed by atoms with Crippen molar-refractivity contribution in [3.05, 3.63) is 58.0 Å². The molecule has 6 nitrogen and oxygen atoms in total. The highest BCUT2D eigenvalue weighted by atomic mass is 19.4. The van der Waals surface area contributed by atoms with Crippen LogP contribution >= 0.6 is 0 Å². The van der Waals surface area contributed by atoms with Gasteiger partial charge in [0.05, 0.1) is 35.9 Å². The highest BCUT2D eigenvalue weighted by molar-refractivity contribution is 5.98. The summed E-state index contributed by atoms with van der Waals surface area (Å²) in [7, 11) is 0. The Labute approximate surface area is 175 Å². The van der Waals surface area contributed by atoms with Gasteiger partial charge < -0.3 is 20.4 Å². The van der Waals surface area contributed by atoms with Gasteiger partial charge in [-0.1, -0.05) is 6.07 Å². The van der Waals surface area contributed by atoms with Crippen LogP contribution in [0.4, 0.5) is 23.4 Å². The van der Waals surface area contributed by atoms with E-state index in [2.05, 4.69) is 9.97 Å². The second-order valence-electron chi connectivity index (χ2n) is 7.39. The minimum Gasteiger partial charge on any atom is -0.383 e. The van der Waals surface area contributed by atoms with E-state index in [4.69, 9.17) is 10.5 Å². The smallest absolute Gasteiger partial charge is 0.383 e. The Morgan fingerprint density at radius 2 is 2.00 bits per heavy atom. The van der Waals surface area contributed by atoms with Crippen LogP contribution in [0.2, 0.25) is 0 Å². The Balaban J connectivity index is 1.67. The first kappa shape index (κ1) is 21.1. The molecule has 3 aromatic rings. The van der Waals surface area contributed by atoms with Gasteiger partial charge in [0.15, 0.2) is 0 Å². The molecule has 31 heavy (non-hydrogen) atoms. The largest absolute Gasteiger partial charge is 0.416 e. The Bertz CT molecular complexity index is 1170. The van der Waals surface area contributed by atoms with E-state index in [1.54, 1.807) is 19.9 Å². The number of amides is 1. The third kappa shape index (κ3) is 3.60. The van der Waals surface area contributed by atoms with Crippen LogP contribution in [-0.4, -0.2) is 27.3 Å². The summed E-state index contributed by atoms with van der Waals surface area (Å²) in [4.78, 5) is 21.9. The number of pyridine rings is 1. The monoisotopic (exact) mass is 436 g/mol. The van der Waals surface area contributed by atoms with Gasteiger partial charge in [-0.2, -0.15) is 13.2 Å². The van der Waals surface area contributed by atoms with Crippen molar-refractivity contribution in [1.82, 2.24) is 14.9 Å². The van der Waals surface area contributed by atoms with Crippen molar-refractivity contribution in [2.45, 2.75) is 39.3 Å². The summed E-state index contributed by atoms with van der Waals surface area (Å²) in [6.07, 6.45) is -4.65. The molecule has 0 spiro atoms. The molecule has 3 heterocycles. The summed E-state index contributed by atoms with van der Waals surface area (Å²) in [6.45, 7) is 4.18. The van der Waals surface area contributed by atoms with Gasteiger partial charge in [0.1, 0.15) is 17.3 Å². The fourth-order valence-corrected chi connectivity index (χ4v) is 3.91. The lowest BCUT2D eigenvalue weighted by Gasteiger charge is -2.28. The summed E-state index contributed by atoms with van der Waals surface area (Å²) in [5.74, 6) is -1.11. The number of carbonyl (C=O) groups is 1. The maximum Gasteiger partial charge on any atom is 0.416 e. The summed E-state index contributed by atoms with van der Waals surface area (Å²) in [5.41, 5.74) is 7.89. The first-order valence-electron chi connectivity index (χ1n) is 9.67. The third-order valence-electron chi connectivity index (χ3n) is 5.58. The zero-order valence-corrected chi connectivity index (χ0v) is 16.8. The number of fused-ring (bicyclic) bond motifs is 3. The molecule has 3 N–H and O–H groups in total. The molecule has 0 aliphatic carbocycles. The number of hydrogen-bond donors (Lipinski definition) is 2. The van der Waals surface area contributed by atoms with Gasteiger partial charge in [-0.15, -0.1) is 0 Å². The number of carbonyl (C=O) groups excluding carboxylic acids is 1. The average molecular weight is 436 g/mol. The SMILES string of the molecule is CCN(C(=O)c1cc2nc(N)c3c(c2[nH]1)COC3)[C@@H](C)c1ccc(C(F)(F)F)cc1F. The van der Waals surface area contributed by atoms with E-state index in [1.165, 1.54) is 4.90 Å². The second kappa shape index (κ2) is 7.52. The molecular weight excluding hydrogens is 416 g/mol. The topological polar surface area (TPSA) is 84.2 Å². The summed E-state index contributed by atoms with van der Waals surface area (Å²) in [6, 6.07) is 3.09. The van der Waals surface area contributed by atoms with E-state index in [1.807, 2.05) is 0 Å². The fraction of sp³-hybridized carbons (Fsp3) is 0.333. The molecule has 1 amide bonds.